The first-order valence-corrected chi connectivity index (χ1v) is 8.52. The average molecular weight is 362 g/mol. The Morgan fingerprint density at radius 3 is 2.79 bits per heavy atom. The van der Waals surface area contributed by atoms with Gasteiger partial charge in [-0.25, -0.2) is 18.1 Å². The lowest BCUT2D eigenvalue weighted by molar-refractivity contribution is 0.566. The van der Waals surface area contributed by atoms with Crippen LogP contribution in [0.1, 0.15) is 18.0 Å². The molecule has 19 heavy (non-hydrogen) atoms. The Morgan fingerprint density at radius 2 is 2.21 bits per heavy atom. The van der Waals surface area contributed by atoms with Gasteiger partial charge in [0.1, 0.15) is 5.01 Å². The minimum absolute atomic E-state index is 0.158. The molecular formula is C11H12BrN3O2S2. The van der Waals surface area contributed by atoms with Crippen molar-refractivity contribution < 1.29 is 8.42 Å². The Kier molecular flexibility index (Phi) is 4.24. The summed E-state index contributed by atoms with van der Waals surface area (Å²) in [6, 6.07) is 4.20. The second-order valence-electron chi connectivity index (χ2n) is 3.90. The molecule has 1 heterocycles. The van der Waals surface area contributed by atoms with Crippen molar-refractivity contribution in [2.24, 2.45) is 0 Å². The molecule has 3 N–H and O–H groups in total. The van der Waals surface area contributed by atoms with Gasteiger partial charge < -0.3 is 5.73 Å². The maximum atomic E-state index is 12.3. The van der Waals surface area contributed by atoms with Gasteiger partial charge in [-0.05, 0) is 41.1 Å². The molecule has 2 aromatic rings. The smallest absolute Gasteiger partial charge is 0.242 e. The number of sulfonamides is 1. The Labute approximate surface area is 124 Å². The van der Waals surface area contributed by atoms with Crippen molar-refractivity contribution in [1.82, 2.24) is 9.71 Å². The van der Waals surface area contributed by atoms with Crippen molar-refractivity contribution in [2.45, 2.75) is 17.9 Å². The van der Waals surface area contributed by atoms with Gasteiger partial charge in [0, 0.05) is 21.7 Å². The van der Waals surface area contributed by atoms with Crippen LogP contribution in [0.3, 0.4) is 0 Å². The fourth-order valence-corrected chi connectivity index (χ4v) is 4.55. The standard InChI is InChI=1S/C11H12BrN3O2S2/c1-7(11-14-4-5-18-11)15-19(16,17)10-3-2-8(13)6-9(10)12/h2-7,15H,13H2,1H3. The first-order chi connectivity index (χ1) is 8.90. The molecule has 0 saturated carbocycles. The molecule has 1 aromatic heterocycles. The zero-order valence-corrected chi connectivity index (χ0v) is 13.2. The van der Waals surface area contributed by atoms with E-state index in [1.165, 1.54) is 17.4 Å². The minimum atomic E-state index is -3.62. The van der Waals surface area contributed by atoms with Gasteiger partial charge in [-0.3, -0.25) is 0 Å². The SMILES string of the molecule is CC(NS(=O)(=O)c1ccc(N)cc1Br)c1nccs1. The third kappa shape index (κ3) is 3.33. The molecule has 2 rings (SSSR count). The molecule has 0 saturated heterocycles. The van der Waals surface area contributed by atoms with Crippen LogP contribution in [0, 0.1) is 0 Å². The highest BCUT2D eigenvalue weighted by atomic mass is 79.9. The van der Waals surface area contributed by atoms with Gasteiger partial charge in [0.15, 0.2) is 0 Å². The predicted octanol–water partition coefficient (Wildman–Crippen LogP) is 2.53. The first-order valence-electron chi connectivity index (χ1n) is 5.37. The summed E-state index contributed by atoms with van der Waals surface area (Å²) >= 11 is 4.61. The van der Waals surface area contributed by atoms with Crippen molar-refractivity contribution in [1.29, 1.82) is 0 Å². The summed E-state index contributed by atoms with van der Waals surface area (Å²) in [5, 5.41) is 2.52. The number of hydrogen-bond acceptors (Lipinski definition) is 5. The summed E-state index contributed by atoms with van der Waals surface area (Å²) in [4.78, 5) is 4.25. The van der Waals surface area contributed by atoms with Gasteiger partial charge in [-0.2, -0.15) is 0 Å². The van der Waals surface area contributed by atoms with Gasteiger partial charge in [0.2, 0.25) is 10.0 Å². The number of hydrogen-bond donors (Lipinski definition) is 2. The quantitative estimate of drug-likeness (QED) is 0.819. The van der Waals surface area contributed by atoms with E-state index in [1.54, 1.807) is 30.6 Å². The van der Waals surface area contributed by atoms with Gasteiger partial charge >= 0.3 is 0 Å². The molecule has 0 aliphatic carbocycles. The van der Waals surface area contributed by atoms with Crippen LogP contribution in [-0.4, -0.2) is 13.4 Å². The van der Waals surface area contributed by atoms with E-state index in [1.807, 2.05) is 0 Å². The van der Waals surface area contributed by atoms with Crippen LogP contribution < -0.4 is 10.5 Å². The third-order valence-corrected chi connectivity index (χ3v) is 5.87. The zero-order chi connectivity index (χ0) is 14.0. The van der Waals surface area contributed by atoms with E-state index in [-0.39, 0.29) is 10.9 Å². The van der Waals surface area contributed by atoms with Crippen molar-refractivity contribution in [3.05, 3.63) is 39.3 Å². The second-order valence-corrected chi connectivity index (χ2v) is 7.37. The summed E-state index contributed by atoms with van der Waals surface area (Å²) in [5.74, 6) is 0. The lowest BCUT2D eigenvalue weighted by Crippen LogP contribution is -2.27. The minimum Gasteiger partial charge on any atom is -0.399 e. The summed E-state index contributed by atoms with van der Waals surface area (Å²) < 4.78 is 27.6. The molecule has 0 fully saturated rings. The molecule has 0 amide bonds. The van der Waals surface area contributed by atoms with E-state index in [4.69, 9.17) is 5.73 Å². The van der Waals surface area contributed by atoms with Crippen LogP contribution in [0.15, 0.2) is 39.1 Å². The Balaban J connectivity index is 2.28. The number of rotatable bonds is 4. The Morgan fingerprint density at radius 1 is 1.47 bits per heavy atom. The summed E-state index contributed by atoms with van der Waals surface area (Å²) in [7, 11) is -3.62. The van der Waals surface area contributed by atoms with Gasteiger partial charge in [-0.15, -0.1) is 11.3 Å². The van der Waals surface area contributed by atoms with E-state index in [0.717, 1.165) is 5.01 Å². The largest absolute Gasteiger partial charge is 0.399 e. The molecule has 0 aliphatic rings. The molecule has 1 unspecified atom stereocenters. The number of aromatic nitrogens is 1. The summed E-state index contributed by atoms with van der Waals surface area (Å²) in [6.07, 6.45) is 1.64. The maximum Gasteiger partial charge on any atom is 0.242 e. The molecule has 1 aromatic carbocycles. The molecular weight excluding hydrogens is 350 g/mol. The van der Waals surface area contributed by atoms with E-state index in [2.05, 4.69) is 25.6 Å². The fourth-order valence-electron chi connectivity index (χ4n) is 1.53. The normalized spacial score (nSPS) is 13.4. The van der Waals surface area contributed by atoms with E-state index in [9.17, 15) is 8.42 Å². The number of halogens is 1. The molecule has 5 nitrogen and oxygen atoms in total. The highest BCUT2D eigenvalue weighted by Gasteiger charge is 2.21. The molecule has 0 bridgehead atoms. The maximum absolute atomic E-state index is 12.3. The molecule has 8 heteroatoms. The number of nitrogens with zero attached hydrogens (tertiary/aromatic N) is 1. The van der Waals surface area contributed by atoms with Crippen LogP contribution in [0.4, 0.5) is 5.69 Å². The average Bonchev–Trinajstić information content (AvgIpc) is 2.80. The van der Waals surface area contributed by atoms with Crippen LogP contribution in [-0.2, 0) is 10.0 Å². The van der Waals surface area contributed by atoms with Crippen LogP contribution in [0.5, 0.6) is 0 Å². The van der Waals surface area contributed by atoms with Gasteiger partial charge in [0.05, 0.1) is 10.9 Å². The predicted molar refractivity (Wildman–Crippen MR) is 79.4 cm³/mol. The third-order valence-electron chi connectivity index (χ3n) is 2.40. The Bertz CT molecular complexity index is 671. The van der Waals surface area contributed by atoms with Crippen molar-refractivity contribution in [3.8, 4) is 0 Å². The van der Waals surface area contributed by atoms with Crippen LogP contribution in [0.2, 0.25) is 0 Å². The second kappa shape index (κ2) is 5.58. The van der Waals surface area contributed by atoms with Crippen molar-refractivity contribution in [2.75, 3.05) is 5.73 Å². The highest BCUT2D eigenvalue weighted by Crippen LogP contribution is 2.26. The van der Waals surface area contributed by atoms with E-state index < -0.39 is 10.0 Å². The highest BCUT2D eigenvalue weighted by molar-refractivity contribution is 9.10. The molecule has 0 aliphatic heterocycles. The number of nitrogens with one attached hydrogen (secondary N) is 1. The number of nitrogens with two attached hydrogens (primary N) is 1. The monoisotopic (exact) mass is 361 g/mol. The molecule has 0 spiro atoms. The number of thiazole rings is 1. The zero-order valence-electron chi connectivity index (χ0n) is 10.00. The molecule has 1 atom stereocenters. The first kappa shape index (κ1) is 14.4. The number of nitrogen functional groups attached to an aromatic ring is 1. The number of benzene rings is 1. The number of anilines is 1. The van der Waals surface area contributed by atoms with E-state index >= 15 is 0 Å². The fraction of sp³-hybridized carbons (Fsp3) is 0.182. The van der Waals surface area contributed by atoms with Crippen molar-refractivity contribution in [3.63, 3.8) is 0 Å². The van der Waals surface area contributed by atoms with Crippen LogP contribution in [0.25, 0.3) is 0 Å². The van der Waals surface area contributed by atoms with Crippen molar-refractivity contribution >= 4 is 43.0 Å². The van der Waals surface area contributed by atoms with Gasteiger partial charge in [0.25, 0.3) is 0 Å². The molecule has 0 radical (unpaired) electrons. The summed E-state index contributed by atoms with van der Waals surface area (Å²) in [5.41, 5.74) is 6.09. The topological polar surface area (TPSA) is 85.1 Å². The Hall–Kier alpha value is -0.960. The summed E-state index contributed by atoms with van der Waals surface area (Å²) in [6.45, 7) is 1.75. The lowest BCUT2D eigenvalue weighted by Gasteiger charge is -2.13. The lowest BCUT2D eigenvalue weighted by atomic mass is 10.3. The van der Waals surface area contributed by atoms with E-state index in [0.29, 0.717) is 10.2 Å². The van der Waals surface area contributed by atoms with Gasteiger partial charge in [-0.1, -0.05) is 0 Å². The van der Waals surface area contributed by atoms with Crippen LogP contribution >= 0.6 is 27.3 Å². The molecule has 102 valence electrons.